The van der Waals surface area contributed by atoms with Gasteiger partial charge in [-0.15, -0.1) is 5.10 Å². The number of hydrogen-bond acceptors (Lipinski definition) is 6. The van der Waals surface area contributed by atoms with Crippen LogP contribution in [0.15, 0.2) is 23.0 Å². The Hall–Kier alpha value is -3.04. The van der Waals surface area contributed by atoms with E-state index < -0.39 is 11.6 Å². The molecule has 0 unspecified atom stereocenters. The minimum Gasteiger partial charge on any atom is -0.363 e. The van der Waals surface area contributed by atoms with E-state index in [1.807, 2.05) is 4.90 Å². The Morgan fingerprint density at radius 1 is 1.08 bits per heavy atom. The van der Waals surface area contributed by atoms with Gasteiger partial charge in [-0.2, -0.15) is 4.98 Å². The molecule has 1 aromatic carbocycles. The summed E-state index contributed by atoms with van der Waals surface area (Å²) in [7, 11) is 1.66. The quantitative estimate of drug-likeness (QED) is 0.733. The maximum atomic E-state index is 13.9. The van der Waals surface area contributed by atoms with E-state index in [1.54, 1.807) is 11.9 Å². The molecule has 0 bridgehead atoms. The van der Waals surface area contributed by atoms with Gasteiger partial charge in [0.1, 0.15) is 17.3 Å². The first-order valence-electron chi connectivity index (χ1n) is 7.78. The molecule has 1 aliphatic rings. The molecule has 1 N–H and O–H groups in total. The standard InChI is InChI=1S/C15H15F2N7O/c1-22-13-11(20-21-22)14(25)19-15(18-13)24-7-5-23(6-8-24)12-9(16)3-2-4-10(12)17/h2-4H,5-8H2,1H3,(H,18,19,25). The molecule has 8 nitrogen and oxygen atoms in total. The van der Waals surface area contributed by atoms with Gasteiger partial charge in [0.2, 0.25) is 5.95 Å². The summed E-state index contributed by atoms with van der Waals surface area (Å²) in [5.41, 5.74) is 0.185. The average Bonchev–Trinajstić information content (AvgIpc) is 2.97. The van der Waals surface area contributed by atoms with Crippen molar-refractivity contribution in [3.05, 3.63) is 40.2 Å². The number of piperazine rings is 1. The maximum absolute atomic E-state index is 13.9. The van der Waals surface area contributed by atoms with Gasteiger partial charge in [-0.05, 0) is 12.1 Å². The first-order valence-corrected chi connectivity index (χ1v) is 7.78. The average molecular weight is 347 g/mol. The van der Waals surface area contributed by atoms with Crippen LogP contribution in [0, 0.1) is 11.6 Å². The Balaban J connectivity index is 1.58. The number of nitrogens with one attached hydrogen (secondary N) is 1. The number of halogens is 2. The largest absolute Gasteiger partial charge is 0.363 e. The van der Waals surface area contributed by atoms with Crippen molar-refractivity contribution in [3.63, 3.8) is 0 Å². The predicted molar refractivity (Wildman–Crippen MR) is 87.7 cm³/mol. The highest BCUT2D eigenvalue weighted by atomic mass is 19.1. The van der Waals surface area contributed by atoms with Crippen LogP contribution in [0.3, 0.4) is 0 Å². The lowest BCUT2D eigenvalue weighted by Crippen LogP contribution is -2.48. The number of rotatable bonds is 2. The molecular weight excluding hydrogens is 332 g/mol. The van der Waals surface area contributed by atoms with Crippen molar-refractivity contribution < 1.29 is 8.78 Å². The van der Waals surface area contributed by atoms with Crippen LogP contribution in [-0.4, -0.2) is 51.1 Å². The minimum atomic E-state index is -0.581. The summed E-state index contributed by atoms with van der Waals surface area (Å²) < 4.78 is 29.3. The number of para-hydroxylation sites is 1. The second-order valence-corrected chi connectivity index (χ2v) is 5.82. The van der Waals surface area contributed by atoms with E-state index in [1.165, 1.54) is 22.9 Å². The van der Waals surface area contributed by atoms with Crippen LogP contribution in [-0.2, 0) is 7.05 Å². The van der Waals surface area contributed by atoms with Gasteiger partial charge >= 0.3 is 0 Å². The van der Waals surface area contributed by atoms with Crippen LogP contribution in [0.5, 0.6) is 0 Å². The van der Waals surface area contributed by atoms with Crippen LogP contribution < -0.4 is 15.4 Å². The third kappa shape index (κ3) is 2.59. The fraction of sp³-hybridized carbons (Fsp3) is 0.333. The number of hydrogen-bond donors (Lipinski definition) is 1. The van der Waals surface area contributed by atoms with Crippen molar-refractivity contribution in [3.8, 4) is 0 Å². The van der Waals surface area contributed by atoms with Gasteiger partial charge in [-0.25, -0.2) is 13.5 Å². The summed E-state index contributed by atoms with van der Waals surface area (Å²) in [5, 5.41) is 7.56. The zero-order valence-electron chi connectivity index (χ0n) is 13.4. The number of fused-ring (bicyclic) bond motifs is 1. The highest BCUT2D eigenvalue weighted by Crippen LogP contribution is 2.25. The van der Waals surface area contributed by atoms with Crippen molar-refractivity contribution >= 4 is 22.8 Å². The Kier molecular flexibility index (Phi) is 3.59. The van der Waals surface area contributed by atoms with Crippen LogP contribution >= 0.6 is 0 Å². The van der Waals surface area contributed by atoms with Gasteiger partial charge in [0.15, 0.2) is 11.2 Å². The molecule has 25 heavy (non-hydrogen) atoms. The zero-order chi connectivity index (χ0) is 17.6. The van der Waals surface area contributed by atoms with Crippen molar-refractivity contribution in [2.24, 2.45) is 7.05 Å². The molecule has 1 fully saturated rings. The first kappa shape index (κ1) is 15.5. The molecule has 0 aliphatic carbocycles. The minimum absolute atomic E-state index is 0.0186. The maximum Gasteiger partial charge on any atom is 0.282 e. The highest BCUT2D eigenvalue weighted by Gasteiger charge is 2.24. The van der Waals surface area contributed by atoms with Gasteiger partial charge in [-0.1, -0.05) is 11.3 Å². The van der Waals surface area contributed by atoms with Crippen LogP contribution in [0.25, 0.3) is 11.2 Å². The third-order valence-electron chi connectivity index (χ3n) is 4.28. The number of nitrogens with zero attached hydrogens (tertiary/aromatic N) is 6. The number of aromatic amines is 1. The molecule has 0 spiro atoms. The molecule has 0 atom stereocenters. The Morgan fingerprint density at radius 3 is 2.40 bits per heavy atom. The van der Waals surface area contributed by atoms with E-state index in [9.17, 15) is 13.6 Å². The van der Waals surface area contributed by atoms with Gasteiger partial charge in [0, 0.05) is 33.2 Å². The van der Waals surface area contributed by atoms with E-state index in [0.717, 1.165) is 0 Å². The van der Waals surface area contributed by atoms with Crippen LogP contribution in [0.4, 0.5) is 20.4 Å². The van der Waals surface area contributed by atoms with E-state index in [-0.39, 0.29) is 16.8 Å². The molecule has 10 heteroatoms. The summed E-state index contributed by atoms with van der Waals surface area (Å²) in [5.74, 6) is -0.763. The summed E-state index contributed by atoms with van der Waals surface area (Å²) in [6, 6.07) is 3.83. The van der Waals surface area contributed by atoms with Gasteiger partial charge in [-0.3, -0.25) is 9.78 Å². The fourth-order valence-corrected chi connectivity index (χ4v) is 3.00. The molecule has 0 saturated carbocycles. The van der Waals surface area contributed by atoms with Crippen molar-refractivity contribution in [2.45, 2.75) is 0 Å². The number of benzene rings is 1. The first-order chi connectivity index (χ1) is 12.0. The van der Waals surface area contributed by atoms with E-state index in [0.29, 0.717) is 37.8 Å². The summed E-state index contributed by atoms with van der Waals surface area (Å²) >= 11 is 0. The van der Waals surface area contributed by atoms with Crippen molar-refractivity contribution in [2.75, 3.05) is 36.0 Å². The molecule has 3 aromatic rings. The summed E-state index contributed by atoms with van der Waals surface area (Å²) in [6.45, 7) is 1.74. The Morgan fingerprint density at radius 2 is 1.72 bits per heavy atom. The highest BCUT2D eigenvalue weighted by molar-refractivity contribution is 5.69. The van der Waals surface area contributed by atoms with Crippen LogP contribution in [0.2, 0.25) is 0 Å². The van der Waals surface area contributed by atoms with E-state index >= 15 is 0 Å². The lowest BCUT2D eigenvalue weighted by Gasteiger charge is -2.36. The molecule has 1 aliphatic heterocycles. The van der Waals surface area contributed by atoms with Crippen LogP contribution in [0.1, 0.15) is 0 Å². The van der Waals surface area contributed by atoms with Gasteiger partial charge < -0.3 is 9.80 Å². The smallest absolute Gasteiger partial charge is 0.282 e. The monoisotopic (exact) mass is 347 g/mol. The van der Waals surface area contributed by atoms with E-state index in [4.69, 9.17) is 0 Å². The summed E-state index contributed by atoms with van der Waals surface area (Å²) in [6.07, 6.45) is 0. The topological polar surface area (TPSA) is 82.9 Å². The number of aryl methyl sites for hydroxylation is 1. The second kappa shape index (κ2) is 5.80. The van der Waals surface area contributed by atoms with E-state index in [2.05, 4.69) is 20.3 Å². The molecule has 1 saturated heterocycles. The van der Waals surface area contributed by atoms with Gasteiger partial charge in [0.05, 0.1) is 0 Å². The fourth-order valence-electron chi connectivity index (χ4n) is 3.00. The molecule has 3 heterocycles. The normalized spacial score (nSPS) is 15.2. The second-order valence-electron chi connectivity index (χ2n) is 5.82. The van der Waals surface area contributed by atoms with Crippen molar-refractivity contribution in [1.82, 2.24) is 25.0 Å². The van der Waals surface area contributed by atoms with Crippen molar-refractivity contribution in [1.29, 1.82) is 0 Å². The lowest BCUT2D eigenvalue weighted by atomic mass is 10.2. The predicted octanol–water partition coefficient (Wildman–Crippen LogP) is 0.656. The SMILES string of the molecule is Cn1nnc2c(=O)[nH]c(N3CCN(c4c(F)cccc4F)CC3)nc21. The molecule has 2 aromatic heterocycles. The molecule has 4 rings (SSSR count). The number of H-pyrrole nitrogens is 1. The third-order valence-corrected chi connectivity index (χ3v) is 4.28. The molecule has 130 valence electrons. The summed E-state index contributed by atoms with van der Waals surface area (Å²) in [4.78, 5) is 22.7. The number of aromatic nitrogens is 5. The molecule has 0 radical (unpaired) electrons. The Bertz CT molecular complexity index is 971. The Labute approximate surface area is 140 Å². The zero-order valence-corrected chi connectivity index (χ0v) is 13.4. The lowest BCUT2D eigenvalue weighted by molar-refractivity contribution is 0.554. The number of anilines is 2. The molecule has 0 amide bonds. The van der Waals surface area contributed by atoms with Gasteiger partial charge in [0.25, 0.3) is 5.56 Å². The molecular formula is C15H15F2N7O.